The van der Waals surface area contributed by atoms with E-state index in [1.54, 1.807) is 19.1 Å². The van der Waals surface area contributed by atoms with Crippen LogP contribution in [0.3, 0.4) is 0 Å². The van der Waals surface area contributed by atoms with E-state index in [1.165, 1.54) is 12.1 Å². The van der Waals surface area contributed by atoms with Gasteiger partial charge in [-0.2, -0.15) is 0 Å². The van der Waals surface area contributed by atoms with Crippen molar-refractivity contribution in [3.05, 3.63) is 35.6 Å². The lowest BCUT2D eigenvalue weighted by atomic mass is 10.1. The summed E-state index contributed by atoms with van der Waals surface area (Å²) >= 11 is 0. The quantitative estimate of drug-likeness (QED) is 0.724. The standard InChI is InChI=1S/C15H21FN2O3/c1-10(5-3-8-14(19)20)17-15(21)18-11(2)12-6-4-7-13(16)9-12/h4,6-7,9-11H,3,5,8H2,1-2H3,(H,19,20)(H2,17,18,21). The van der Waals surface area contributed by atoms with Gasteiger partial charge >= 0.3 is 12.0 Å². The predicted molar refractivity (Wildman–Crippen MR) is 77.4 cm³/mol. The molecule has 0 radical (unpaired) electrons. The number of nitrogens with one attached hydrogen (secondary N) is 2. The van der Waals surface area contributed by atoms with Crippen molar-refractivity contribution >= 4 is 12.0 Å². The number of halogens is 1. The summed E-state index contributed by atoms with van der Waals surface area (Å²) in [5, 5.41) is 14.0. The SMILES string of the molecule is CC(CCCC(=O)O)NC(=O)NC(C)c1cccc(F)c1. The third kappa shape index (κ3) is 6.74. The van der Waals surface area contributed by atoms with Crippen molar-refractivity contribution in [2.75, 3.05) is 0 Å². The van der Waals surface area contributed by atoms with Gasteiger partial charge in [0.1, 0.15) is 5.82 Å². The first kappa shape index (κ1) is 16.9. The number of carboxylic acids is 1. The van der Waals surface area contributed by atoms with Crippen molar-refractivity contribution in [3.8, 4) is 0 Å². The van der Waals surface area contributed by atoms with E-state index in [0.29, 0.717) is 18.4 Å². The molecular formula is C15H21FN2O3. The van der Waals surface area contributed by atoms with Crippen molar-refractivity contribution in [2.24, 2.45) is 0 Å². The molecule has 0 saturated heterocycles. The highest BCUT2D eigenvalue weighted by atomic mass is 19.1. The summed E-state index contributed by atoms with van der Waals surface area (Å²) in [4.78, 5) is 22.2. The minimum atomic E-state index is -0.841. The zero-order chi connectivity index (χ0) is 15.8. The molecule has 0 aliphatic carbocycles. The zero-order valence-electron chi connectivity index (χ0n) is 12.2. The summed E-state index contributed by atoms with van der Waals surface area (Å²) in [6, 6.07) is 5.27. The van der Waals surface area contributed by atoms with Crippen molar-refractivity contribution in [2.45, 2.75) is 45.2 Å². The maximum atomic E-state index is 13.1. The lowest BCUT2D eigenvalue weighted by molar-refractivity contribution is -0.137. The fraction of sp³-hybridized carbons (Fsp3) is 0.467. The molecule has 6 heteroatoms. The Morgan fingerprint density at radius 3 is 2.62 bits per heavy atom. The molecule has 0 aromatic heterocycles. The first-order valence-electron chi connectivity index (χ1n) is 6.92. The largest absolute Gasteiger partial charge is 0.481 e. The van der Waals surface area contributed by atoms with Crippen molar-refractivity contribution in [3.63, 3.8) is 0 Å². The van der Waals surface area contributed by atoms with Gasteiger partial charge in [-0.1, -0.05) is 12.1 Å². The molecule has 1 rings (SSSR count). The first-order chi connectivity index (χ1) is 9.88. The molecule has 0 fully saturated rings. The predicted octanol–water partition coefficient (Wildman–Crippen LogP) is 2.83. The maximum absolute atomic E-state index is 13.1. The van der Waals surface area contributed by atoms with E-state index in [-0.39, 0.29) is 30.4 Å². The van der Waals surface area contributed by atoms with Crippen LogP contribution in [0, 0.1) is 5.82 Å². The van der Waals surface area contributed by atoms with Gasteiger partial charge in [0.15, 0.2) is 0 Å². The average Bonchev–Trinajstić information content (AvgIpc) is 2.37. The van der Waals surface area contributed by atoms with Crippen LogP contribution in [0.15, 0.2) is 24.3 Å². The molecular weight excluding hydrogens is 275 g/mol. The molecule has 2 unspecified atom stereocenters. The minimum absolute atomic E-state index is 0.0906. The Bertz CT molecular complexity index is 494. The third-order valence-corrected chi connectivity index (χ3v) is 3.10. The second-order valence-corrected chi connectivity index (χ2v) is 5.08. The molecule has 1 aromatic carbocycles. The van der Waals surface area contributed by atoms with E-state index >= 15 is 0 Å². The summed E-state index contributed by atoms with van der Waals surface area (Å²) in [6.45, 7) is 3.58. The Balaban J connectivity index is 2.37. The lowest BCUT2D eigenvalue weighted by Gasteiger charge is -2.18. The van der Waals surface area contributed by atoms with Gasteiger partial charge in [0.05, 0.1) is 6.04 Å². The van der Waals surface area contributed by atoms with Crippen LogP contribution in [0.2, 0.25) is 0 Å². The van der Waals surface area contributed by atoms with Crippen molar-refractivity contribution in [1.29, 1.82) is 0 Å². The molecule has 2 atom stereocenters. The monoisotopic (exact) mass is 296 g/mol. The Morgan fingerprint density at radius 1 is 1.29 bits per heavy atom. The number of carbonyl (C=O) groups excluding carboxylic acids is 1. The number of aliphatic carboxylic acids is 1. The number of urea groups is 1. The Hall–Kier alpha value is -2.11. The number of hydrogen-bond acceptors (Lipinski definition) is 2. The van der Waals surface area contributed by atoms with Crippen LogP contribution >= 0.6 is 0 Å². The molecule has 0 saturated carbocycles. The molecule has 0 aliphatic rings. The number of amides is 2. The van der Waals surface area contributed by atoms with Gasteiger partial charge < -0.3 is 15.7 Å². The summed E-state index contributed by atoms with van der Waals surface area (Å²) < 4.78 is 13.1. The van der Waals surface area contributed by atoms with Crippen molar-refractivity contribution < 1.29 is 19.1 Å². The Morgan fingerprint density at radius 2 is 2.00 bits per heavy atom. The average molecular weight is 296 g/mol. The highest BCUT2D eigenvalue weighted by Crippen LogP contribution is 2.13. The Labute approximate surface area is 123 Å². The van der Waals surface area contributed by atoms with Gasteiger partial charge in [0.25, 0.3) is 0 Å². The molecule has 116 valence electrons. The molecule has 0 aliphatic heterocycles. The van der Waals surface area contributed by atoms with Gasteiger partial charge in [-0.15, -0.1) is 0 Å². The van der Waals surface area contributed by atoms with Crippen LogP contribution < -0.4 is 10.6 Å². The van der Waals surface area contributed by atoms with Gasteiger partial charge in [-0.05, 0) is 44.4 Å². The van der Waals surface area contributed by atoms with Gasteiger partial charge in [0.2, 0.25) is 0 Å². The van der Waals surface area contributed by atoms with E-state index in [2.05, 4.69) is 10.6 Å². The number of rotatable bonds is 7. The van der Waals surface area contributed by atoms with E-state index < -0.39 is 5.97 Å². The smallest absolute Gasteiger partial charge is 0.315 e. The van der Waals surface area contributed by atoms with Crippen molar-refractivity contribution in [1.82, 2.24) is 10.6 Å². The van der Waals surface area contributed by atoms with E-state index in [9.17, 15) is 14.0 Å². The number of carbonyl (C=O) groups is 2. The molecule has 0 heterocycles. The van der Waals surface area contributed by atoms with E-state index in [0.717, 1.165) is 0 Å². The summed E-state index contributed by atoms with van der Waals surface area (Å²) in [6.07, 6.45) is 1.19. The van der Waals surface area contributed by atoms with Gasteiger partial charge in [-0.25, -0.2) is 9.18 Å². The number of carboxylic acid groups (broad SMARTS) is 1. The van der Waals surface area contributed by atoms with E-state index in [4.69, 9.17) is 5.11 Å². The van der Waals surface area contributed by atoms with Gasteiger partial charge in [-0.3, -0.25) is 4.79 Å². The van der Waals surface area contributed by atoms with Crippen LogP contribution in [0.1, 0.15) is 44.7 Å². The molecule has 0 spiro atoms. The first-order valence-corrected chi connectivity index (χ1v) is 6.92. The Kier molecular flexibility index (Phi) is 6.65. The minimum Gasteiger partial charge on any atom is -0.481 e. The molecule has 0 bridgehead atoms. The molecule has 1 aromatic rings. The zero-order valence-corrected chi connectivity index (χ0v) is 12.2. The number of benzene rings is 1. The lowest BCUT2D eigenvalue weighted by Crippen LogP contribution is -2.41. The fourth-order valence-electron chi connectivity index (χ4n) is 1.95. The van der Waals surface area contributed by atoms with Crippen LogP contribution in [-0.2, 0) is 4.79 Å². The summed E-state index contributed by atoms with van der Waals surface area (Å²) in [5.41, 5.74) is 0.684. The van der Waals surface area contributed by atoms with Gasteiger partial charge in [0, 0.05) is 12.5 Å². The fourth-order valence-corrected chi connectivity index (χ4v) is 1.95. The number of hydrogen-bond donors (Lipinski definition) is 3. The summed E-state index contributed by atoms with van der Waals surface area (Å²) in [7, 11) is 0. The van der Waals surface area contributed by atoms with Crippen LogP contribution in [-0.4, -0.2) is 23.1 Å². The molecule has 3 N–H and O–H groups in total. The maximum Gasteiger partial charge on any atom is 0.315 e. The van der Waals surface area contributed by atoms with Crippen LogP contribution in [0.5, 0.6) is 0 Å². The molecule has 2 amide bonds. The molecule has 5 nitrogen and oxygen atoms in total. The highest BCUT2D eigenvalue weighted by molar-refractivity contribution is 5.74. The highest BCUT2D eigenvalue weighted by Gasteiger charge is 2.12. The normalized spacial score (nSPS) is 13.3. The van der Waals surface area contributed by atoms with Crippen LogP contribution in [0.25, 0.3) is 0 Å². The second kappa shape index (κ2) is 8.24. The second-order valence-electron chi connectivity index (χ2n) is 5.08. The summed E-state index contributed by atoms with van der Waals surface area (Å²) in [5.74, 6) is -1.19. The van der Waals surface area contributed by atoms with Crippen LogP contribution in [0.4, 0.5) is 9.18 Å². The molecule has 21 heavy (non-hydrogen) atoms. The topological polar surface area (TPSA) is 78.4 Å². The van der Waals surface area contributed by atoms with E-state index in [1.807, 2.05) is 6.92 Å². The third-order valence-electron chi connectivity index (χ3n) is 3.10.